The van der Waals surface area contributed by atoms with E-state index in [4.69, 9.17) is 5.26 Å². The fraction of sp³-hybridized carbons (Fsp3) is 0.417. The molecule has 1 saturated heterocycles. The van der Waals surface area contributed by atoms with Crippen molar-refractivity contribution < 1.29 is 0 Å². The van der Waals surface area contributed by atoms with Crippen molar-refractivity contribution in [3.63, 3.8) is 0 Å². The zero-order chi connectivity index (χ0) is 10.5. The van der Waals surface area contributed by atoms with Crippen molar-refractivity contribution in [2.24, 2.45) is 0 Å². The van der Waals surface area contributed by atoms with Gasteiger partial charge in [-0.15, -0.1) is 12.4 Å². The number of halogens is 1. The molecule has 1 aliphatic heterocycles. The first-order valence-electron chi connectivity index (χ1n) is 5.36. The quantitative estimate of drug-likeness (QED) is 0.809. The van der Waals surface area contributed by atoms with E-state index in [1.54, 1.807) is 0 Å². The largest absolute Gasteiger partial charge is 0.369 e. The van der Waals surface area contributed by atoms with Crippen LogP contribution in [0.15, 0.2) is 24.3 Å². The highest BCUT2D eigenvalue weighted by Gasteiger charge is 2.12. The molecule has 1 aromatic carbocycles. The molecule has 1 N–H and O–H groups in total. The molecule has 0 saturated carbocycles. The van der Waals surface area contributed by atoms with Crippen LogP contribution < -0.4 is 10.2 Å². The zero-order valence-electron chi connectivity index (χ0n) is 9.15. The van der Waals surface area contributed by atoms with E-state index in [0.29, 0.717) is 0 Å². The van der Waals surface area contributed by atoms with Crippen LogP contribution in [-0.2, 0) is 0 Å². The number of hydrogen-bond acceptors (Lipinski definition) is 3. The summed E-state index contributed by atoms with van der Waals surface area (Å²) in [6.45, 7) is 4.09. The molecule has 2 rings (SSSR count). The molecule has 1 fully saturated rings. The van der Waals surface area contributed by atoms with Gasteiger partial charge in [-0.1, -0.05) is 12.1 Å². The lowest BCUT2D eigenvalue weighted by atomic mass is 10.1. The first kappa shape index (κ1) is 12.8. The summed E-state index contributed by atoms with van der Waals surface area (Å²) in [4.78, 5) is 2.29. The average molecular weight is 238 g/mol. The van der Waals surface area contributed by atoms with Gasteiger partial charge in [0.15, 0.2) is 0 Å². The van der Waals surface area contributed by atoms with Crippen LogP contribution >= 0.6 is 12.4 Å². The second kappa shape index (κ2) is 6.37. The van der Waals surface area contributed by atoms with Gasteiger partial charge in [0.25, 0.3) is 0 Å². The molecule has 4 heteroatoms. The number of anilines is 1. The standard InChI is InChI=1S/C12H15N3.ClH/c13-10-11-4-1-2-5-12(11)15-8-3-6-14-7-9-15;/h1-2,4-5,14H,3,6-9H2;1H. The summed E-state index contributed by atoms with van der Waals surface area (Å²) in [5.41, 5.74) is 1.85. The minimum absolute atomic E-state index is 0. The number of rotatable bonds is 1. The Morgan fingerprint density at radius 2 is 2.00 bits per heavy atom. The van der Waals surface area contributed by atoms with Gasteiger partial charge in [0.2, 0.25) is 0 Å². The Bertz CT molecular complexity index is 365. The molecular formula is C12H16ClN3. The summed E-state index contributed by atoms with van der Waals surface area (Å²) < 4.78 is 0. The molecule has 0 unspecified atom stereocenters. The molecule has 3 nitrogen and oxygen atoms in total. The maximum Gasteiger partial charge on any atom is 0.101 e. The second-order valence-corrected chi connectivity index (χ2v) is 3.72. The van der Waals surface area contributed by atoms with Gasteiger partial charge in [-0.05, 0) is 25.1 Å². The van der Waals surface area contributed by atoms with E-state index in [1.165, 1.54) is 0 Å². The Morgan fingerprint density at radius 3 is 2.81 bits per heavy atom. The molecule has 0 aromatic heterocycles. The predicted molar refractivity (Wildman–Crippen MR) is 68.1 cm³/mol. The van der Waals surface area contributed by atoms with E-state index in [2.05, 4.69) is 16.3 Å². The third-order valence-corrected chi connectivity index (χ3v) is 2.71. The van der Waals surface area contributed by atoms with E-state index >= 15 is 0 Å². The van der Waals surface area contributed by atoms with E-state index in [1.807, 2.05) is 24.3 Å². The van der Waals surface area contributed by atoms with Gasteiger partial charge in [0.1, 0.15) is 6.07 Å². The molecule has 1 aliphatic rings. The topological polar surface area (TPSA) is 39.1 Å². The molecule has 0 amide bonds. The molecule has 1 aromatic rings. The number of benzene rings is 1. The van der Waals surface area contributed by atoms with E-state index in [-0.39, 0.29) is 12.4 Å². The molecule has 0 bridgehead atoms. The smallest absolute Gasteiger partial charge is 0.101 e. The van der Waals surface area contributed by atoms with Crippen LogP contribution in [0.1, 0.15) is 12.0 Å². The lowest BCUT2D eigenvalue weighted by Crippen LogP contribution is -2.28. The molecular weight excluding hydrogens is 222 g/mol. The predicted octanol–water partition coefficient (Wildman–Crippen LogP) is 1.78. The van der Waals surface area contributed by atoms with E-state index in [9.17, 15) is 0 Å². The Kier molecular flexibility index (Phi) is 5.10. The summed E-state index contributed by atoms with van der Waals surface area (Å²) in [6, 6.07) is 10.1. The van der Waals surface area contributed by atoms with Crippen molar-refractivity contribution in [3.8, 4) is 6.07 Å². The molecule has 16 heavy (non-hydrogen) atoms. The third-order valence-electron chi connectivity index (χ3n) is 2.71. The van der Waals surface area contributed by atoms with Gasteiger partial charge < -0.3 is 10.2 Å². The lowest BCUT2D eigenvalue weighted by molar-refractivity contribution is 0.724. The fourth-order valence-electron chi connectivity index (χ4n) is 1.93. The minimum Gasteiger partial charge on any atom is -0.369 e. The molecule has 0 spiro atoms. The summed E-state index contributed by atoms with van der Waals surface area (Å²) in [5.74, 6) is 0. The van der Waals surface area contributed by atoms with Crippen LogP contribution in [0.2, 0.25) is 0 Å². The normalized spacial score (nSPS) is 15.8. The summed E-state index contributed by atoms with van der Waals surface area (Å²) >= 11 is 0. The maximum atomic E-state index is 9.03. The number of hydrogen-bond donors (Lipinski definition) is 1. The van der Waals surface area contributed by atoms with Crippen LogP contribution in [0.5, 0.6) is 0 Å². The first-order valence-corrected chi connectivity index (χ1v) is 5.36. The van der Waals surface area contributed by atoms with Crippen LogP contribution in [0.3, 0.4) is 0 Å². The second-order valence-electron chi connectivity index (χ2n) is 3.72. The Balaban J connectivity index is 0.00000128. The molecule has 0 radical (unpaired) electrons. The number of nitrogens with zero attached hydrogens (tertiary/aromatic N) is 2. The SMILES string of the molecule is Cl.N#Cc1ccccc1N1CCCNCC1. The van der Waals surface area contributed by atoms with Crippen LogP contribution in [0.25, 0.3) is 0 Å². The van der Waals surface area contributed by atoms with Gasteiger partial charge in [0.05, 0.1) is 11.3 Å². The summed E-state index contributed by atoms with van der Waals surface area (Å²) in [6.07, 6.45) is 1.14. The van der Waals surface area contributed by atoms with Crippen LogP contribution in [-0.4, -0.2) is 26.2 Å². The minimum atomic E-state index is 0. The Morgan fingerprint density at radius 1 is 1.19 bits per heavy atom. The van der Waals surface area contributed by atoms with Gasteiger partial charge in [-0.25, -0.2) is 0 Å². The third kappa shape index (κ3) is 2.88. The number of nitrogens with one attached hydrogen (secondary N) is 1. The Labute approximate surface area is 102 Å². The van der Waals surface area contributed by atoms with Crippen molar-refractivity contribution in [3.05, 3.63) is 29.8 Å². The van der Waals surface area contributed by atoms with Gasteiger partial charge >= 0.3 is 0 Å². The average Bonchev–Trinajstić information content (AvgIpc) is 2.57. The van der Waals surface area contributed by atoms with Crippen molar-refractivity contribution in [1.82, 2.24) is 5.32 Å². The molecule has 86 valence electrons. The summed E-state index contributed by atoms with van der Waals surface area (Å²) in [7, 11) is 0. The molecule has 1 heterocycles. The van der Waals surface area contributed by atoms with Crippen molar-refractivity contribution in [1.29, 1.82) is 5.26 Å². The molecule has 0 aliphatic carbocycles. The Hall–Kier alpha value is -1.24. The van der Waals surface area contributed by atoms with Crippen molar-refractivity contribution in [2.75, 3.05) is 31.1 Å². The van der Waals surface area contributed by atoms with E-state index in [0.717, 1.165) is 43.9 Å². The first-order chi connectivity index (χ1) is 7.42. The number of para-hydroxylation sites is 1. The van der Waals surface area contributed by atoms with Gasteiger partial charge in [0, 0.05) is 19.6 Å². The van der Waals surface area contributed by atoms with Crippen molar-refractivity contribution in [2.45, 2.75) is 6.42 Å². The molecule has 0 atom stereocenters. The van der Waals surface area contributed by atoms with Crippen LogP contribution in [0, 0.1) is 11.3 Å². The van der Waals surface area contributed by atoms with Crippen molar-refractivity contribution >= 4 is 18.1 Å². The fourth-order valence-corrected chi connectivity index (χ4v) is 1.93. The zero-order valence-corrected chi connectivity index (χ0v) is 9.96. The maximum absolute atomic E-state index is 9.03. The highest BCUT2D eigenvalue weighted by molar-refractivity contribution is 5.85. The van der Waals surface area contributed by atoms with Crippen LogP contribution in [0.4, 0.5) is 5.69 Å². The van der Waals surface area contributed by atoms with Gasteiger partial charge in [-0.2, -0.15) is 5.26 Å². The number of nitriles is 1. The van der Waals surface area contributed by atoms with E-state index < -0.39 is 0 Å². The van der Waals surface area contributed by atoms with Gasteiger partial charge in [-0.3, -0.25) is 0 Å². The lowest BCUT2D eigenvalue weighted by Gasteiger charge is -2.23. The highest BCUT2D eigenvalue weighted by atomic mass is 35.5. The highest BCUT2D eigenvalue weighted by Crippen LogP contribution is 2.19. The summed E-state index contributed by atoms with van der Waals surface area (Å²) in [5, 5.41) is 12.4. The monoisotopic (exact) mass is 237 g/mol.